The van der Waals surface area contributed by atoms with E-state index < -0.39 is 0 Å². The van der Waals surface area contributed by atoms with Crippen LogP contribution in [0.15, 0.2) is 29.6 Å². The molecule has 1 aromatic carbocycles. The fourth-order valence-electron chi connectivity index (χ4n) is 3.18. The van der Waals surface area contributed by atoms with E-state index in [2.05, 4.69) is 29.0 Å². The molecule has 1 aliphatic heterocycles. The molecule has 1 N–H and O–H groups in total. The van der Waals surface area contributed by atoms with E-state index in [-0.39, 0.29) is 24.2 Å². The lowest BCUT2D eigenvalue weighted by molar-refractivity contribution is -0.121. The molecule has 0 bridgehead atoms. The number of thiazole rings is 1. The molecule has 1 aromatic heterocycles. The van der Waals surface area contributed by atoms with Crippen LogP contribution in [0.3, 0.4) is 0 Å². The van der Waals surface area contributed by atoms with Crippen molar-refractivity contribution >= 4 is 17.2 Å². The molecule has 1 atom stereocenters. The van der Waals surface area contributed by atoms with Crippen LogP contribution in [0.5, 0.6) is 0 Å². The van der Waals surface area contributed by atoms with Gasteiger partial charge in [0, 0.05) is 37.1 Å². The van der Waals surface area contributed by atoms with Crippen molar-refractivity contribution in [1.82, 2.24) is 15.2 Å². The fraction of sp³-hybridized carbons (Fsp3) is 0.500. The van der Waals surface area contributed by atoms with Crippen LogP contribution in [0.4, 0.5) is 4.39 Å². The number of carbonyl (C=O) groups is 1. The summed E-state index contributed by atoms with van der Waals surface area (Å²) >= 11 is 1.42. The summed E-state index contributed by atoms with van der Waals surface area (Å²) in [7, 11) is 0. The molecule has 0 spiro atoms. The zero-order valence-electron chi connectivity index (χ0n) is 15.8. The van der Waals surface area contributed by atoms with Gasteiger partial charge in [0.05, 0.1) is 24.8 Å². The Labute approximate surface area is 163 Å². The zero-order chi connectivity index (χ0) is 19.2. The Bertz CT molecular complexity index is 765. The molecular weight excluding hydrogens is 365 g/mol. The number of halogens is 1. The highest BCUT2D eigenvalue weighted by molar-refractivity contribution is 7.13. The average molecular weight is 392 g/mol. The lowest BCUT2D eigenvalue weighted by Crippen LogP contribution is -2.48. The summed E-state index contributed by atoms with van der Waals surface area (Å²) in [6, 6.07) is 6.33. The first kappa shape index (κ1) is 19.9. The van der Waals surface area contributed by atoms with E-state index in [0.29, 0.717) is 24.8 Å². The van der Waals surface area contributed by atoms with Gasteiger partial charge < -0.3 is 10.1 Å². The maximum Gasteiger partial charge on any atom is 0.226 e. The van der Waals surface area contributed by atoms with Gasteiger partial charge in [0.25, 0.3) is 0 Å². The lowest BCUT2D eigenvalue weighted by Gasteiger charge is -2.33. The van der Waals surface area contributed by atoms with E-state index in [0.717, 1.165) is 30.2 Å². The topological polar surface area (TPSA) is 54.5 Å². The van der Waals surface area contributed by atoms with Crippen LogP contribution in [0.2, 0.25) is 0 Å². The van der Waals surface area contributed by atoms with Crippen LogP contribution in [-0.4, -0.2) is 54.7 Å². The van der Waals surface area contributed by atoms with Crippen LogP contribution in [0, 0.1) is 11.7 Å². The summed E-state index contributed by atoms with van der Waals surface area (Å²) in [6.45, 7) is 8.47. The number of morpholine rings is 1. The first-order chi connectivity index (χ1) is 13.0. The van der Waals surface area contributed by atoms with Gasteiger partial charge in [0.2, 0.25) is 5.91 Å². The van der Waals surface area contributed by atoms with Crippen LogP contribution >= 0.6 is 11.3 Å². The minimum atomic E-state index is -0.291. The molecule has 2 heterocycles. The Morgan fingerprint density at radius 3 is 3.11 bits per heavy atom. The first-order valence-corrected chi connectivity index (χ1v) is 10.2. The van der Waals surface area contributed by atoms with Gasteiger partial charge in [-0.1, -0.05) is 26.0 Å². The van der Waals surface area contributed by atoms with Crippen LogP contribution < -0.4 is 5.32 Å². The number of carbonyl (C=O) groups excluding carboxylic acids is 1. The third-order valence-electron chi connectivity index (χ3n) is 4.34. The van der Waals surface area contributed by atoms with E-state index in [9.17, 15) is 9.18 Å². The molecule has 1 saturated heterocycles. The monoisotopic (exact) mass is 391 g/mol. The normalized spacial score (nSPS) is 18.0. The van der Waals surface area contributed by atoms with E-state index in [1.165, 1.54) is 23.5 Å². The fourth-order valence-corrected chi connectivity index (χ4v) is 4.00. The predicted octanol–water partition coefficient (Wildman–Crippen LogP) is 2.96. The Balaban J connectivity index is 1.47. The molecule has 0 aliphatic carbocycles. The van der Waals surface area contributed by atoms with Crippen molar-refractivity contribution in [2.45, 2.75) is 26.4 Å². The first-order valence-electron chi connectivity index (χ1n) is 9.30. The Hall–Kier alpha value is -1.83. The summed E-state index contributed by atoms with van der Waals surface area (Å²) in [5.74, 6) is 0.256. The molecule has 7 heteroatoms. The van der Waals surface area contributed by atoms with Gasteiger partial charge in [-0.3, -0.25) is 9.69 Å². The van der Waals surface area contributed by atoms with Crippen LogP contribution in [-0.2, 0) is 16.0 Å². The van der Waals surface area contributed by atoms with Gasteiger partial charge in [0.1, 0.15) is 10.8 Å². The van der Waals surface area contributed by atoms with Crippen molar-refractivity contribution in [3.05, 3.63) is 41.2 Å². The molecule has 1 amide bonds. The highest BCUT2D eigenvalue weighted by Crippen LogP contribution is 2.24. The minimum Gasteiger partial charge on any atom is -0.374 e. The Morgan fingerprint density at radius 1 is 1.48 bits per heavy atom. The number of benzene rings is 1. The molecule has 3 rings (SSSR count). The molecule has 0 radical (unpaired) electrons. The maximum atomic E-state index is 13.3. The number of nitrogens with zero attached hydrogens (tertiary/aromatic N) is 2. The number of nitrogens with one attached hydrogen (secondary N) is 1. The lowest BCUT2D eigenvalue weighted by atomic mass is 10.2. The molecule has 1 aliphatic rings. The van der Waals surface area contributed by atoms with Crippen molar-refractivity contribution in [2.75, 3.05) is 32.8 Å². The standard InChI is InChI=1S/C20H26FN3O2S/c1-14(2)11-24-6-7-26-18(12-24)10-22-19(25)9-17-13-27-20(23-17)15-4-3-5-16(21)8-15/h3-5,8,13-14,18H,6-7,9-12H2,1-2H3,(H,22,25). The van der Waals surface area contributed by atoms with E-state index in [1.807, 2.05) is 11.4 Å². The Morgan fingerprint density at radius 2 is 2.33 bits per heavy atom. The second-order valence-electron chi connectivity index (χ2n) is 7.28. The third kappa shape index (κ3) is 6.09. The second kappa shape index (κ2) is 9.39. The number of ether oxygens (including phenoxy) is 1. The van der Waals surface area contributed by atoms with Gasteiger partial charge >= 0.3 is 0 Å². The molecule has 1 unspecified atom stereocenters. The predicted molar refractivity (Wildman–Crippen MR) is 105 cm³/mol. The van der Waals surface area contributed by atoms with Crippen molar-refractivity contribution in [3.63, 3.8) is 0 Å². The van der Waals surface area contributed by atoms with Crippen molar-refractivity contribution in [3.8, 4) is 10.6 Å². The number of aromatic nitrogens is 1. The zero-order valence-corrected chi connectivity index (χ0v) is 16.6. The van der Waals surface area contributed by atoms with Gasteiger partial charge in [-0.2, -0.15) is 0 Å². The smallest absolute Gasteiger partial charge is 0.226 e. The highest BCUT2D eigenvalue weighted by atomic mass is 32.1. The van der Waals surface area contributed by atoms with Gasteiger partial charge in [0.15, 0.2) is 0 Å². The van der Waals surface area contributed by atoms with Crippen LogP contribution in [0.1, 0.15) is 19.5 Å². The molecule has 2 aromatic rings. The largest absolute Gasteiger partial charge is 0.374 e. The SMILES string of the molecule is CC(C)CN1CCOC(CNC(=O)Cc2csc(-c3cccc(F)c3)n2)C1. The summed E-state index contributed by atoms with van der Waals surface area (Å²) in [5.41, 5.74) is 1.43. The summed E-state index contributed by atoms with van der Waals surface area (Å²) in [4.78, 5) is 19.1. The van der Waals surface area contributed by atoms with Gasteiger partial charge in [-0.25, -0.2) is 9.37 Å². The summed E-state index contributed by atoms with van der Waals surface area (Å²) in [5, 5.41) is 5.52. The minimum absolute atomic E-state index is 0.0275. The molecule has 146 valence electrons. The molecule has 1 fully saturated rings. The second-order valence-corrected chi connectivity index (χ2v) is 8.14. The van der Waals surface area contributed by atoms with E-state index >= 15 is 0 Å². The number of hydrogen-bond acceptors (Lipinski definition) is 5. The van der Waals surface area contributed by atoms with Gasteiger partial charge in [-0.15, -0.1) is 11.3 Å². The quantitative estimate of drug-likeness (QED) is 0.788. The van der Waals surface area contributed by atoms with Gasteiger partial charge in [-0.05, 0) is 18.1 Å². The molecule has 5 nitrogen and oxygen atoms in total. The molecule has 0 saturated carbocycles. The maximum absolute atomic E-state index is 13.3. The van der Waals surface area contributed by atoms with Crippen molar-refractivity contribution < 1.29 is 13.9 Å². The van der Waals surface area contributed by atoms with E-state index in [1.54, 1.807) is 6.07 Å². The van der Waals surface area contributed by atoms with Crippen LogP contribution in [0.25, 0.3) is 10.6 Å². The summed E-state index contributed by atoms with van der Waals surface area (Å²) in [6.07, 6.45) is 0.244. The van der Waals surface area contributed by atoms with Crippen molar-refractivity contribution in [1.29, 1.82) is 0 Å². The summed E-state index contributed by atoms with van der Waals surface area (Å²) < 4.78 is 19.1. The van der Waals surface area contributed by atoms with Crippen molar-refractivity contribution in [2.24, 2.45) is 5.92 Å². The number of hydrogen-bond donors (Lipinski definition) is 1. The molecule has 27 heavy (non-hydrogen) atoms. The average Bonchev–Trinajstić information content (AvgIpc) is 3.08. The highest BCUT2D eigenvalue weighted by Gasteiger charge is 2.21. The molecular formula is C20H26FN3O2S. The number of rotatable bonds is 7. The Kier molecular flexibility index (Phi) is 6.93. The van der Waals surface area contributed by atoms with E-state index in [4.69, 9.17) is 4.74 Å². The third-order valence-corrected chi connectivity index (χ3v) is 5.28. The number of amides is 1.